The Morgan fingerprint density at radius 1 is 1.32 bits per heavy atom. The zero-order valence-corrected chi connectivity index (χ0v) is 19.3. The number of nitrogens with one attached hydrogen (secondary N) is 2. The molecule has 1 atom stereocenters. The van der Waals surface area contributed by atoms with E-state index in [1.54, 1.807) is 11.3 Å². The topological polar surface area (TPSA) is 61.8 Å². The number of guanidine groups is 1. The summed E-state index contributed by atoms with van der Waals surface area (Å²) in [5.74, 6) is 1.79. The lowest BCUT2D eigenvalue weighted by Crippen LogP contribution is -2.41. The smallest absolute Gasteiger partial charge is 0.191 e. The Labute approximate surface area is 187 Å². The quantitative estimate of drug-likeness (QED) is 0.364. The number of hydrogen-bond donors (Lipinski definition) is 2. The minimum atomic E-state index is 0. The molecule has 3 heterocycles. The summed E-state index contributed by atoms with van der Waals surface area (Å²) in [6.07, 6.45) is 4.40. The highest BCUT2D eigenvalue weighted by molar-refractivity contribution is 14.0. The minimum Gasteiger partial charge on any atom is -0.493 e. The van der Waals surface area contributed by atoms with Crippen LogP contribution in [0.15, 0.2) is 34.6 Å². The fourth-order valence-electron chi connectivity index (χ4n) is 3.63. The van der Waals surface area contributed by atoms with Gasteiger partial charge in [0.15, 0.2) is 11.1 Å². The van der Waals surface area contributed by atoms with E-state index in [4.69, 9.17) is 9.72 Å². The number of ether oxygens (including phenoxy) is 1. The molecule has 28 heavy (non-hydrogen) atoms. The van der Waals surface area contributed by atoms with Crippen LogP contribution in [0.2, 0.25) is 0 Å². The normalized spacial score (nSPS) is 18.8. The van der Waals surface area contributed by atoms with Gasteiger partial charge in [-0.3, -0.25) is 4.99 Å². The van der Waals surface area contributed by atoms with Crippen LogP contribution in [-0.4, -0.2) is 44.2 Å². The predicted octanol–water partition coefficient (Wildman–Crippen LogP) is 3.59. The zero-order chi connectivity index (χ0) is 18.5. The molecule has 4 rings (SSSR count). The van der Waals surface area contributed by atoms with Crippen LogP contribution in [0.3, 0.4) is 0 Å². The fourth-order valence-corrected chi connectivity index (χ4v) is 4.54. The number of nitrogens with zero attached hydrogens (tertiary/aromatic N) is 3. The van der Waals surface area contributed by atoms with Crippen LogP contribution in [0.5, 0.6) is 5.75 Å². The average Bonchev–Trinajstić information content (AvgIpc) is 3.39. The zero-order valence-electron chi connectivity index (χ0n) is 16.2. The first-order valence-corrected chi connectivity index (χ1v) is 10.6. The van der Waals surface area contributed by atoms with Crippen LogP contribution in [0.4, 0.5) is 5.13 Å². The van der Waals surface area contributed by atoms with E-state index in [0.717, 1.165) is 56.5 Å². The number of thiazole rings is 1. The molecule has 2 aromatic rings. The first-order valence-electron chi connectivity index (χ1n) is 9.72. The predicted molar refractivity (Wildman–Crippen MR) is 126 cm³/mol. The lowest BCUT2D eigenvalue weighted by molar-refractivity contribution is 0.261. The summed E-state index contributed by atoms with van der Waals surface area (Å²) in [6, 6.07) is 8.44. The molecule has 1 unspecified atom stereocenters. The Morgan fingerprint density at radius 3 is 2.96 bits per heavy atom. The molecule has 2 N–H and O–H groups in total. The van der Waals surface area contributed by atoms with E-state index in [0.29, 0.717) is 0 Å². The number of aliphatic imine (C=N–C) groups is 1. The molecule has 0 amide bonds. The third kappa shape index (κ3) is 5.08. The van der Waals surface area contributed by atoms with Gasteiger partial charge in [-0.2, -0.15) is 0 Å². The summed E-state index contributed by atoms with van der Waals surface area (Å²) in [4.78, 5) is 11.6. The van der Waals surface area contributed by atoms with Crippen LogP contribution in [0.25, 0.3) is 0 Å². The lowest BCUT2D eigenvalue weighted by Gasteiger charge is -2.28. The van der Waals surface area contributed by atoms with Crippen LogP contribution in [-0.2, 0) is 6.42 Å². The van der Waals surface area contributed by atoms with E-state index in [1.165, 1.54) is 23.5 Å². The van der Waals surface area contributed by atoms with Crippen LogP contribution in [0, 0.1) is 0 Å². The van der Waals surface area contributed by atoms with Gasteiger partial charge >= 0.3 is 0 Å². The second-order valence-corrected chi connectivity index (χ2v) is 7.77. The molecule has 0 radical (unpaired) electrons. The van der Waals surface area contributed by atoms with Crippen LogP contribution in [0.1, 0.15) is 36.6 Å². The molecule has 8 heteroatoms. The van der Waals surface area contributed by atoms with Gasteiger partial charge < -0.3 is 20.3 Å². The number of benzene rings is 1. The van der Waals surface area contributed by atoms with Gasteiger partial charge in [-0.15, -0.1) is 35.3 Å². The van der Waals surface area contributed by atoms with Crippen molar-refractivity contribution in [3.8, 4) is 5.75 Å². The number of rotatable bonds is 5. The summed E-state index contributed by atoms with van der Waals surface area (Å²) >= 11 is 1.76. The van der Waals surface area contributed by atoms with Crippen molar-refractivity contribution in [2.75, 3.05) is 38.2 Å². The molecule has 152 valence electrons. The standard InChI is InChI=1S/C20H27N5OS.HI/c1-21-19(24-17-9-13-26-18-7-3-2-6-16(17)18)22-10-8-15-14-27-20(23-15)25-11-4-5-12-25;/h2-3,6-7,14,17H,4-5,8-13H2,1H3,(H2,21,22,24);1H. The third-order valence-corrected chi connectivity index (χ3v) is 6.03. The van der Waals surface area contributed by atoms with Crippen molar-refractivity contribution in [1.29, 1.82) is 0 Å². The van der Waals surface area contributed by atoms with Gasteiger partial charge in [-0.1, -0.05) is 18.2 Å². The molecule has 0 aliphatic carbocycles. The Hall–Kier alpha value is -1.55. The second kappa shape index (κ2) is 10.3. The maximum Gasteiger partial charge on any atom is 0.191 e. The van der Waals surface area contributed by atoms with Crippen molar-refractivity contribution in [3.05, 3.63) is 40.9 Å². The Balaban J connectivity index is 0.00000225. The van der Waals surface area contributed by atoms with E-state index >= 15 is 0 Å². The van der Waals surface area contributed by atoms with Crippen molar-refractivity contribution in [2.24, 2.45) is 4.99 Å². The summed E-state index contributed by atoms with van der Waals surface area (Å²) in [5, 5.41) is 10.3. The molecule has 1 aromatic heterocycles. The molecular weight excluding hydrogens is 485 g/mol. The molecule has 1 saturated heterocycles. The highest BCUT2D eigenvalue weighted by Crippen LogP contribution is 2.31. The maximum absolute atomic E-state index is 5.74. The Bertz CT molecular complexity index is 790. The number of fused-ring (bicyclic) bond motifs is 1. The van der Waals surface area contributed by atoms with Crippen molar-refractivity contribution < 1.29 is 4.74 Å². The molecule has 2 aliphatic heterocycles. The van der Waals surface area contributed by atoms with Crippen molar-refractivity contribution in [1.82, 2.24) is 15.6 Å². The van der Waals surface area contributed by atoms with Crippen LogP contribution >= 0.6 is 35.3 Å². The third-order valence-electron chi connectivity index (χ3n) is 5.08. The van der Waals surface area contributed by atoms with Crippen LogP contribution < -0.4 is 20.3 Å². The molecule has 1 aromatic carbocycles. The SMILES string of the molecule is CN=C(NCCc1csc(N2CCCC2)n1)NC1CCOc2ccccc21.I. The van der Waals surface area contributed by atoms with E-state index in [2.05, 4.69) is 38.0 Å². The molecule has 6 nitrogen and oxygen atoms in total. The molecular formula is C20H28IN5OS. The molecule has 0 saturated carbocycles. The van der Waals surface area contributed by atoms with Gasteiger partial charge in [0, 0.05) is 50.5 Å². The monoisotopic (exact) mass is 513 g/mol. The lowest BCUT2D eigenvalue weighted by atomic mass is 10.0. The number of para-hydroxylation sites is 1. The Morgan fingerprint density at radius 2 is 2.14 bits per heavy atom. The molecule has 2 aliphatic rings. The van der Waals surface area contributed by atoms with Gasteiger partial charge in [0.25, 0.3) is 0 Å². The highest BCUT2D eigenvalue weighted by Gasteiger charge is 2.21. The van der Waals surface area contributed by atoms with Gasteiger partial charge in [0.1, 0.15) is 5.75 Å². The maximum atomic E-state index is 5.74. The summed E-state index contributed by atoms with van der Waals surface area (Å²) < 4.78 is 5.74. The largest absolute Gasteiger partial charge is 0.493 e. The van der Waals surface area contributed by atoms with Crippen molar-refractivity contribution >= 4 is 46.4 Å². The number of hydrogen-bond acceptors (Lipinski definition) is 5. The van der Waals surface area contributed by atoms with Gasteiger partial charge in [-0.05, 0) is 18.9 Å². The highest BCUT2D eigenvalue weighted by atomic mass is 127. The number of anilines is 1. The fraction of sp³-hybridized carbons (Fsp3) is 0.500. The molecule has 0 spiro atoms. The van der Waals surface area contributed by atoms with Gasteiger partial charge in [-0.25, -0.2) is 4.98 Å². The minimum absolute atomic E-state index is 0. The summed E-state index contributed by atoms with van der Waals surface area (Å²) in [7, 11) is 1.81. The summed E-state index contributed by atoms with van der Waals surface area (Å²) in [6.45, 7) is 3.83. The first-order chi connectivity index (χ1) is 13.3. The second-order valence-electron chi connectivity index (χ2n) is 6.94. The van der Waals surface area contributed by atoms with Crippen molar-refractivity contribution in [3.63, 3.8) is 0 Å². The van der Waals surface area contributed by atoms with E-state index in [1.807, 2.05) is 19.2 Å². The van der Waals surface area contributed by atoms with Gasteiger partial charge in [0.05, 0.1) is 18.3 Å². The summed E-state index contributed by atoms with van der Waals surface area (Å²) in [5.41, 5.74) is 2.35. The average molecular weight is 513 g/mol. The number of halogens is 1. The first kappa shape index (κ1) is 21.2. The van der Waals surface area contributed by atoms with Gasteiger partial charge in [0.2, 0.25) is 0 Å². The molecule has 0 bridgehead atoms. The van der Waals surface area contributed by atoms with E-state index < -0.39 is 0 Å². The van der Waals surface area contributed by atoms with E-state index in [9.17, 15) is 0 Å². The van der Waals surface area contributed by atoms with Crippen molar-refractivity contribution in [2.45, 2.75) is 31.7 Å². The Kier molecular flexibility index (Phi) is 7.78. The number of aromatic nitrogens is 1. The van der Waals surface area contributed by atoms with E-state index in [-0.39, 0.29) is 30.0 Å². The molecule has 1 fully saturated rings.